The van der Waals surface area contributed by atoms with Crippen molar-refractivity contribution < 1.29 is 14.6 Å². The van der Waals surface area contributed by atoms with Crippen LogP contribution in [0.25, 0.3) is 6.08 Å². The number of aryl methyl sites for hydroxylation is 1. The molecule has 0 bridgehead atoms. The van der Waals surface area contributed by atoms with Gasteiger partial charge in [-0.15, -0.1) is 0 Å². The molecule has 0 heterocycles. The van der Waals surface area contributed by atoms with Crippen LogP contribution in [0.5, 0.6) is 5.75 Å². The Morgan fingerprint density at radius 2 is 1.95 bits per heavy atom. The van der Waals surface area contributed by atoms with Crippen molar-refractivity contribution in [2.45, 2.75) is 51.6 Å². The van der Waals surface area contributed by atoms with Crippen LogP contribution in [0.3, 0.4) is 0 Å². The fourth-order valence-corrected chi connectivity index (χ4v) is 3.32. The largest absolute Gasteiger partial charge is 0.490 e. The molecule has 114 valence electrons. The van der Waals surface area contributed by atoms with E-state index >= 15 is 0 Å². The number of hydrogen-bond donors (Lipinski definition) is 1. The highest BCUT2D eigenvalue weighted by molar-refractivity contribution is 9.10. The van der Waals surface area contributed by atoms with Crippen molar-refractivity contribution in [1.29, 1.82) is 0 Å². The third-order valence-corrected chi connectivity index (χ3v) is 4.22. The first-order valence-corrected chi connectivity index (χ1v) is 8.23. The Morgan fingerprint density at radius 1 is 1.29 bits per heavy atom. The monoisotopic (exact) mass is 352 g/mol. The molecule has 1 aliphatic rings. The summed E-state index contributed by atoms with van der Waals surface area (Å²) in [7, 11) is 0. The van der Waals surface area contributed by atoms with Crippen LogP contribution in [0.2, 0.25) is 0 Å². The average Bonchev–Trinajstić information content (AvgIpc) is 2.68. The standard InChI is InChI=1S/C17H21BrO3/c1-12-10-14(18)11-13(8-9-16(19)20)17(12)21-15-6-4-2-3-5-7-15/h8-11,15H,2-7H2,1H3,(H,19,20)/b9-8+. The van der Waals surface area contributed by atoms with Gasteiger partial charge in [0, 0.05) is 16.1 Å². The second kappa shape index (κ2) is 7.64. The number of benzene rings is 1. The van der Waals surface area contributed by atoms with E-state index in [0.29, 0.717) is 0 Å². The van der Waals surface area contributed by atoms with Gasteiger partial charge in [-0.05, 0) is 56.4 Å². The lowest BCUT2D eigenvalue weighted by Crippen LogP contribution is -2.16. The topological polar surface area (TPSA) is 46.5 Å². The minimum absolute atomic E-state index is 0.240. The number of ether oxygens (including phenoxy) is 1. The fraction of sp³-hybridized carbons (Fsp3) is 0.471. The lowest BCUT2D eigenvalue weighted by Gasteiger charge is -2.20. The molecule has 0 spiro atoms. The molecule has 1 aliphatic carbocycles. The Bertz CT molecular complexity index is 529. The van der Waals surface area contributed by atoms with Crippen LogP contribution in [0.4, 0.5) is 0 Å². The molecule has 0 aliphatic heterocycles. The van der Waals surface area contributed by atoms with Gasteiger partial charge in [0.15, 0.2) is 0 Å². The molecule has 1 fully saturated rings. The second-order valence-electron chi connectivity index (χ2n) is 5.54. The molecule has 21 heavy (non-hydrogen) atoms. The molecule has 3 nitrogen and oxygen atoms in total. The summed E-state index contributed by atoms with van der Waals surface area (Å²) in [4.78, 5) is 10.7. The number of carboxylic acids is 1. The zero-order chi connectivity index (χ0) is 15.2. The fourth-order valence-electron chi connectivity index (χ4n) is 2.73. The molecule has 4 heteroatoms. The Hall–Kier alpha value is -1.29. The summed E-state index contributed by atoms with van der Waals surface area (Å²) in [5.41, 5.74) is 1.84. The van der Waals surface area contributed by atoms with E-state index in [1.165, 1.54) is 25.7 Å². The summed E-state index contributed by atoms with van der Waals surface area (Å²) in [6, 6.07) is 3.91. The molecule has 0 amide bonds. The van der Waals surface area contributed by atoms with Crippen LogP contribution in [-0.4, -0.2) is 17.2 Å². The number of rotatable bonds is 4. The van der Waals surface area contributed by atoms with Crippen LogP contribution in [0.1, 0.15) is 49.7 Å². The predicted molar refractivity (Wildman–Crippen MR) is 87.7 cm³/mol. The molecule has 0 saturated heterocycles. The summed E-state index contributed by atoms with van der Waals surface area (Å²) in [6.07, 6.45) is 10.1. The average molecular weight is 353 g/mol. The second-order valence-corrected chi connectivity index (χ2v) is 6.46. The molecular formula is C17H21BrO3. The maximum Gasteiger partial charge on any atom is 0.328 e. The Kier molecular flexibility index (Phi) is 5.85. The van der Waals surface area contributed by atoms with Gasteiger partial charge in [0.1, 0.15) is 5.75 Å². The van der Waals surface area contributed by atoms with Crippen molar-refractivity contribution in [3.05, 3.63) is 33.8 Å². The number of halogens is 1. The maximum absolute atomic E-state index is 10.7. The number of hydrogen-bond acceptors (Lipinski definition) is 2. The van der Waals surface area contributed by atoms with Crippen molar-refractivity contribution in [2.75, 3.05) is 0 Å². The van der Waals surface area contributed by atoms with Crippen molar-refractivity contribution >= 4 is 28.0 Å². The van der Waals surface area contributed by atoms with Gasteiger partial charge in [-0.25, -0.2) is 4.79 Å². The minimum atomic E-state index is -0.951. The van der Waals surface area contributed by atoms with E-state index in [1.54, 1.807) is 6.08 Å². The van der Waals surface area contributed by atoms with Gasteiger partial charge in [0.2, 0.25) is 0 Å². The third-order valence-electron chi connectivity index (χ3n) is 3.76. The van der Waals surface area contributed by atoms with E-state index in [0.717, 1.165) is 40.3 Å². The van der Waals surface area contributed by atoms with Crippen LogP contribution in [0, 0.1) is 6.92 Å². The molecule has 1 aromatic carbocycles. The van der Waals surface area contributed by atoms with Crippen LogP contribution in [-0.2, 0) is 4.79 Å². The van der Waals surface area contributed by atoms with Gasteiger partial charge in [-0.2, -0.15) is 0 Å². The summed E-state index contributed by atoms with van der Waals surface area (Å²) >= 11 is 3.46. The molecule has 0 radical (unpaired) electrons. The van der Waals surface area contributed by atoms with Crippen molar-refractivity contribution in [3.8, 4) is 5.75 Å². The molecule has 1 saturated carbocycles. The summed E-state index contributed by atoms with van der Waals surface area (Å²) in [6.45, 7) is 1.99. The third kappa shape index (κ3) is 4.88. The van der Waals surface area contributed by atoms with E-state index in [-0.39, 0.29) is 6.10 Å². The normalized spacial score (nSPS) is 16.9. The Labute approximate surface area is 134 Å². The molecule has 0 aromatic heterocycles. The van der Waals surface area contributed by atoms with Crippen molar-refractivity contribution in [1.82, 2.24) is 0 Å². The quantitative estimate of drug-likeness (QED) is 0.615. The summed E-state index contributed by atoms with van der Waals surface area (Å²) in [5.74, 6) is -0.143. The number of carbonyl (C=O) groups is 1. The van der Waals surface area contributed by atoms with Gasteiger partial charge >= 0.3 is 5.97 Å². The van der Waals surface area contributed by atoms with Crippen molar-refractivity contribution in [3.63, 3.8) is 0 Å². The van der Waals surface area contributed by atoms with E-state index in [1.807, 2.05) is 19.1 Å². The first-order chi connectivity index (χ1) is 10.1. The highest BCUT2D eigenvalue weighted by Crippen LogP contribution is 2.32. The van der Waals surface area contributed by atoms with Crippen LogP contribution >= 0.6 is 15.9 Å². The summed E-state index contributed by atoms with van der Waals surface area (Å²) < 4.78 is 7.15. The van der Waals surface area contributed by atoms with Gasteiger partial charge in [-0.3, -0.25) is 0 Å². The number of carboxylic acid groups (broad SMARTS) is 1. The highest BCUT2D eigenvalue weighted by Gasteiger charge is 2.16. The van der Waals surface area contributed by atoms with Crippen LogP contribution < -0.4 is 4.74 Å². The van der Waals surface area contributed by atoms with Gasteiger partial charge in [0.25, 0.3) is 0 Å². The van der Waals surface area contributed by atoms with E-state index in [4.69, 9.17) is 9.84 Å². The first kappa shape index (κ1) is 16.1. The zero-order valence-electron chi connectivity index (χ0n) is 12.3. The molecule has 0 unspecified atom stereocenters. The molecular weight excluding hydrogens is 332 g/mol. The highest BCUT2D eigenvalue weighted by atomic mass is 79.9. The van der Waals surface area contributed by atoms with Gasteiger partial charge in [-0.1, -0.05) is 28.8 Å². The van der Waals surface area contributed by atoms with Gasteiger partial charge in [0.05, 0.1) is 6.10 Å². The Balaban J connectivity index is 2.25. The molecule has 2 rings (SSSR count). The van der Waals surface area contributed by atoms with Crippen LogP contribution in [0.15, 0.2) is 22.7 Å². The van der Waals surface area contributed by atoms with E-state index in [2.05, 4.69) is 15.9 Å². The lowest BCUT2D eigenvalue weighted by atomic mass is 10.1. The smallest absolute Gasteiger partial charge is 0.328 e. The first-order valence-electron chi connectivity index (χ1n) is 7.44. The minimum Gasteiger partial charge on any atom is -0.490 e. The van der Waals surface area contributed by atoms with E-state index < -0.39 is 5.97 Å². The van der Waals surface area contributed by atoms with Gasteiger partial charge < -0.3 is 9.84 Å². The lowest BCUT2D eigenvalue weighted by molar-refractivity contribution is -0.131. The summed E-state index contributed by atoms with van der Waals surface area (Å²) in [5, 5.41) is 8.82. The molecule has 1 N–H and O–H groups in total. The maximum atomic E-state index is 10.7. The SMILES string of the molecule is Cc1cc(Br)cc(/C=C/C(=O)O)c1OC1CCCCCC1. The number of aliphatic carboxylic acids is 1. The van der Waals surface area contributed by atoms with E-state index in [9.17, 15) is 4.79 Å². The zero-order valence-corrected chi connectivity index (χ0v) is 13.9. The predicted octanol–water partition coefficient (Wildman–Crippen LogP) is 4.96. The molecule has 1 aromatic rings. The molecule has 0 atom stereocenters. The van der Waals surface area contributed by atoms with Crippen molar-refractivity contribution in [2.24, 2.45) is 0 Å². The Morgan fingerprint density at radius 3 is 2.57 bits per heavy atom.